The molecule has 0 aromatic carbocycles. The first kappa shape index (κ1) is 16.8. The molecule has 0 aromatic rings. The average molecular weight is 261 g/mol. The molecule has 3 nitrogen and oxygen atoms in total. The molecule has 102 valence electrons. The third-order valence-electron chi connectivity index (χ3n) is 3.20. The lowest BCUT2D eigenvalue weighted by atomic mass is 10.00. The van der Waals surface area contributed by atoms with Crippen molar-refractivity contribution in [2.45, 2.75) is 51.8 Å². The second kappa shape index (κ2) is 7.98. The Hall–Kier alpha value is -0.220. The minimum absolute atomic E-state index is 0.152. The van der Waals surface area contributed by atoms with Crippen molar-refractivity contribution in [3.05, 3.63) is 0 Å². The van der Waals surface area contributed by atoms with Crippen LogP contribution >= 0.6 is 11.8 Å². The van der Waals surface area contributed by atoms with Crippen LogP contribution < -0.4 is 5.32 Å². The third-order valence-corrected chi connectivity index (χ3v) is 4.71. The Balaban J connectivity index is 4.16. The highest BCUT2D eigenvalue weighted by atomic mass is 32.2. The van der Waals surface area contributed by atoms with Crippen molar-refractivity contribution in [1.82, 2.24) is 5.32 Å². The molecular weight excluding hydrogens is 234 g/mol. The molecule has 0 rings (SSSR count). The average Bonchev–Trinajstić information content (AvgIpc) is 2.28. The SMILES string of the molecule is CCOC(=O)C(C)(CCSC(C)C(C)C)NC. The molecule has 2 atom stereocenters. The number of nitrogens with one attached hydrogen (secondary N) is 1. The van der Waals surface area contributed by atoms with E-state index in [1.807, 2.05) is 32.7 Å². The summed E-state index contributed by atoms with van der Waals surface area (Å²) in [7, 11) is 1.81. The molecule has 0 aliphatic rings. The normalized spacial score (nSPS) is 16.6. The molecule has 0 bridgehead atoms. The fourth-order valence-corrected chi connectivity index (χ4v) is 2.54. The quantitative estimate of drug-likeness (QED) is 0.682. The van der Waals surface area contributed by atoms with Crippen LogP contribution in [0, 0.1) is 5.92 Å². The largest absolute Gasteiger partial charge is 0.465 e. The van der Waals surface area contributed by atoms with E-state index in [1.54, 1.807) is 0 Å². The molecule has 0 fully saturated rings. The number of carbonyl (C=O) groups is 1. The van der Waals surface area contributed by atoms with Gasteiger partial charge < -0.3 is 10.1 Å². The molecule has 0 aromatic heterocycles. The maximum Gasteiger partial charge on any atom is 0.326 e. The van der Waals surface area contributed by atoms with Gasteiger partial charge in [-0.3, -0.25) is 4.79 Å². The van der Waals surface area contributed by atoms with Gasteiger partial charge >= 0.3 is 5.97 Å². The Morgan fingerprint density at radius 2 is 2.00 bits per heavy atom. The van der Waals surface area contributed by atoms with E-state index < -0.39 is 5.54 Å². The van der Waals surface area contributed by atoms with Gasteiger partial charge in [0.2, 0.25) is 0 Å². The first-order chi connectivity index (χ1) is 7.87. The monoisotopic (exact) mass is 261 g/mol. The van der Waals surface area contributed by atoms with E-state index in [4.69, 9.17) is 4.74 Å². The lowest BCUT2D eigenvalue weighted by molar-refractivity contribution is -0.150. The molecule has 2 unspecified atom stereocenters. The van der Waals surface area contributed by atoms with Crippen molar-refractivity contribution in [1.29, 1.82) is 0 Å². The van der Waals surface area contributed by atoms with Gasteiger partial charge in [-0.15, -0.1) is 0 Å². The molecule has 0 spiro atoms. The van der Waals surface area contributed by atoms with Crippen LogP contribution in [-0.2, 0) is 9.53 Å². The maximum atomic E-state index is 11.8. The molecule has 0 amide bonds. The minimum Gasteiger partial charge on any atom is -0.465 e. The van der Waals surface area contributed by atoms with Crippen molar-refractivity contribution in [3.63, 3.8) is 0 Å². The Kier molecular flexibility index (Phi) is 7.88. The molecule has 0 radical (unpaired) electrons. The molecule has 0 saturated carbocycles. The van der Waals surface area contributed by atoms with E-state index in [9.17, 15) is 4.79 Å². The van der Waals surface area contributed by atoms with Gasteiger partial charge in [-0.05, 0) is 39.0 Å². The van der Waals surface area contributed by atoms with Gasteiger partial charge in [-0.2, -0.15) is 11.8 Å². The molecule has 0 aliphatic carbocycles. The predicted octanol–water partition coefficient (Wildman–Crippen LogP) is 2.70. The van der Waals surface area contributed by atoms with Crippen LogP contribution in [0.3, 0.4) is 0 Å². The number of hydrogen-bond acceptors (Lipinski definition) is 4. The van der Waals surface area contributed by atoms with Crippen LogP contribution in [0.15, 0.2) is 0 Å². The lowest BCUT2D eigenvalue weighted by Gasteiger charge is -2.27. The number of esters is 1. The predicted molar refractivity (Wildman–Crippen MR) is 75.5 cm³/mol. The zero-order chi connectivity index (χ0) is 13.5. The zero-order valence-corrected chi connectivity index (χ0v) is 12.8. The summed E-state index contributed by atoms with van der Waals surface area (Å²) in [5.41, 5.74) is -0.556. The molecule has 17 heavy (non-hydrogen) atoms. The third kappa shape index (κ3) is 5.77. The van der Waals surface area contributed by atoms with E-state index in [1.165, 1.54) is 0 Å². The smallest absolute Gasteiger partial charge is 0.326 e. The second-order valence-corrected chi connectivity index (χ2v) is 6.36. The standard InChI is InChI=1S/C13H27NO2S/c1-7-16-12(15)13(5,14-6)8-9-17-11(4)10(2)3/h10-11,14H,7-9H2,1-6H3. The highest BCUT2D eigenvalue weighted by Crippen LogP contribution is 2.23. The van der Waals surface area contributed by atoms with Crippen LogP contribution in [0.1, 0.15) is 41.0 Å². The van der Waals surface area contributed by atoms with Gasteiger partial charge in [-0.1, -0.05) is 20.8 Å². The van der Waals surface area contributed by atoms with Gasteiger partial charge in [0.15, 0.2) is 0 Å². The van der Waals surface area contributed by atoms with Crippen molar-refractivity contribution in [3.8, 4) is 0 Å². The summed E-state index contributed by atoms with van der Waals surface area (Å²) in [5.74, 6) is 1.49. The number of ether oxygens (including phenoxy) is 1. The van der Waals surface area contributed by atoms with E-state index >= 15 is 0 Å². The van der Waals surface area contributed by atoms with Gasteiger partial charge in [0.1, 0.15) is 5.54 Å². The molecule has 1 N–H and O–H groups in total. The molecule has 4 heteroatoms. The Morgan fingerprint density at radius 1 is 1.41 bits per heavy atom. The highest BCUT2D eigenvalue weighted by molar-refractivity contribution is 7.99. The van der Waals surface area contributed by atoms with Crippen molar-refractivity contribution >= 4 is 17.7 Å². The zero-order valence-electron chi connectivity index (χ0n) is 12.0. The summed E-state index contributed by atoms with van der Waals surface area (Å²) in [5, 5.41) is 3.70. The van der Waals surface area contributed by atoms with Crippen LogP contribution in [0.2, 0.25) is 0 Å². The van der Waals surface area contributed by atoms with Gasteiger partial charge in [0, 0.05) is 5.25 Å². The van der Waals surface area contributed by atoms with E-state index in [0.29, 0.717) is 17.8 Å². The van der Waals surface area contributed by atoms with E-state index in [-0.39, 0.29) is 5.97 Å². The summed E-state index contributed by atoms with van der Waals surface area (Å²) in [6.45, 7) is 10.9. The highest BCUT2D eigenvalue weighted by Gasteiger charge is 2.32. The first-order valence-corrected chi connectivity index (χ1v) is 7.40. The van der Waals surface area contributed by atoms with Crippen LogP contribution in [-0.4, -0.2) is 36.2 Å². The Morgan fingerprint density at radius 3 is 2.41 bits per heavy atom. The van der Waals surface area contributed by atoms with Crippen molar-refractivity contribution < 1.29 is 9.53 Å². The fourth-order valence-electron chi connectivity index (χ4n) is 1.26. The van der Waals surface area contributed by atoms with Crippen molar-refractivity contribution in [2.75, 3.05) is 19.4 Å². The molecule has 0 saturated heterocycles. The second-order valence-electron chi connectivity index (χ2n) is 4.87. The minimum atomic E-state index is -0.556. The summed E-state index contributed by atoms with van der Waals surface area (Å²) < 4.78 is 5.09. The summed E-state index contributed by atoms with van der Waals surface area (Å²) >= 11 is 1.91. The maximum absolute atomic E-state index is 11.8. The van der Waals surface area contributed by atoms with E-state index in [2.05, 4.69) is 26.1 Å². The van der Waals surface area contributed by atoms with Crippen LogP contribution in [0.5, 0.6) is 0 Å². The topological polar surface area (TPSA) is 38.3 Å². The number of likely N-dealkylation sites (N-methyl/N-ethyl adjacent to an activating group) is 1. The Labute approximate surface area is 110 Å². The number of thioether (sulfide) groups is 1. The van der Waals surface area contributed by atoms with Crippen LogP contribution in [0.25, 0.3) is 0 Å². The summed E-state index contributed by atoms with van der Waals surface area (Å²) in [6, 6.07) is 0. The first-order valence-electron chi connectivity index (χ1n) is 6.35. The molecular formula is C13H27NO2S. The number of hydrogen-bond donors (Lipinski definition) is 1. The summed E-state index contributed by atoms with van der Waals surface area (Å²) in [4.78, 5) is 11.8. The number of rotatable bonds is 8. The van der Waals surface area contributed by atoms with Crippen molar-refractivity contribution in [2.24, 2.45) is 5.92 Å². The van der Waals surface area contributed by atoms with Gasteiger partial charge in [-0.25, -0.2) is 0 Å². The van der Waals surface area contributed by atoms with E-state index in [0.717, 1.165) is 12.2 Å². The van der Waals surface area contributed by atoms with Gasteiger partial charge in [0.25, 0.3) is 0 Å². The fraction of sp³-hybridized carbons (Fsp3) is 0.923. The van der Waals surface area contributed by atoms with Gasteiger partial charge in [0.05, 0.1) is 6.61 Å². The molecule has 0 heterocycles. The Bertz CT molecular complexity index is 233. The molecule has 0 aliphatic heterocycles. The van der Waals surface area contributed by atoms with Crippen LogP contribution in [0.4, 0.5) is 0 Å². The lowest BCUT2D eigenvalue weighted by Crippen LogP contribution is -2.49. The summed E-state index contributed by atoms with van der Waals surface area (Å²) in [6.07, 6.45) is 0.796. The number of carbonyl (C=O) groups excluding carboxylic acids is 1.